The molecule has 0 radical (unpaired) electrons. The van der Waals surface area contributed by atoms with Gasteiger partial charge in [-0.05, 0) is 31.7 Å². The van der Waals surface area contributed by atoms with E-state index in [1.54, 1.807) is 4.68 Å². The van der Waals surface area contributed by atoms with Gasteiger partial charge in [0.05, 0.1) is 11.7 Å². The zero-order chi connectivity index (χ0) is 12.1. The Morgan fingerprint density at radius 2 is 2.18 bits per heavy atom. The third-order valence-corrected chi connectivity index (χ3v) is 3.67. The highest BCUT2D eigenvalue weighted by molar-refractivity contribution is 5.03. The average Bonchev–Trinajstić information content (AvgIpc) is 2.78. The summed E-state index contributed by atoms with van der Waals surface area (Å²) in [7, 11) is 1.94. The molecule has 0 amide bonds. The summed E-state index contributed by atoms with van der Waals surface area (Å²) in [5.74, 6) is 0.743. The van der Waals surface area contributed by atoms with Gasteiger partial charge in [-0.2, -0.15) is 0 Å². The zero-order valence-corrected chi connectivity index (χ0v) is 11.0. The van der Waals surface area contributed by atoms with E-state index in [-0.39, 0.29) is 0 Å². The molecule has 1 heterocycles. The van der Waals surface area contributed by atoms with Crippen LogP contribution in [-0.2, 0) is 7.05 Å². The van der Waals surface area contributed by atoms with Crippen LogP contribution in [-0.4, -0.2) is 21.5 Å². The molecule has 1 atom stereocenters. The van der Waals surface area contributed by atoms with Gasteiger partial charge in [0.25, 0.3) is 0 Å². The molecule has 4 nitrogen and oxygen atoms in total. The van der Waals surface area contributed by atoms with Crippen molar-refractivity contribution < 1.29 is 0 Å². The predicted molar refractivity (Wildman–Crippen MR) is 68.6 cm³/mol. The second-order valence-electron chi connectivity index (χ2n) is 5.15. The van der Waals surface area contributed by atoms with Crippen molar-refractivity contribution in [2.24, 2.45) is 13.0 Å². The number of rotatable bonds is 5. The first-order valence-corrected chi connectivity index (χ1v) is 6.91. The smallest absolute Gasteiger partial charge is 0.0998 e. The minimum absolute atomic E-state index is 0.406. The zero-order valence-electron chi connectivity index (χ0n) is 11.0. The first-order valence-electron chi connectivity index (χ1n) is 6.91. The number of hydrogen-bond donors (Lipinski definition) is 1. The van der Waals surface area contributed by atoms with Gasteiger partial charge in [-0.15, -0.1) is 5.10 Å². The molecule has 1 saturated carbocycles. The monoisotopic (exact) mass is 236 g/mol. The molecule has 1 N–H and O–H groups in total. The quantitative estimate of drug-likeness (QED) is 0.854. The van der Waals surface area contributed by atoms with Crippen LogP contribution in [0.15, 0.2) is 6.20 Å². The van der Waals surface area contributed by atoms with Gasteiger partial charge in [0, 0.05) is 13.2 Å². The summed E-state index contributed by atoms with van der Waals surface area (Å²) in [4.78, 5) is 0. The Bertz CT molecular complexity index is 328. The molecule has 4 heteroatoms. The van der Waals surface area contributed by atoms with E-state index >= 15 is 0 Å². The van der Waals surface area contributed by atoms with E-state index in [1.165, 1.54) is 38.5 Å². The second-order valence-corrected chi connectivity index (χ2v) is 5.15. The largest absolute Gasteiger partial charge is 0.308 e. The summed E-state index contributed by atoms with van der Waals surface area (Å²) in [6.45, 7) is 3.28. The van der Waals surface area contributed by atoms with Gasteiger partial charge in [0.2, 0.25) is 0 Å². The normalized spacial score (nSPS) is 19.4. The van der Waals surface area contributed by atoms with Crippen LogP contribution >= 0.6 is 0 Å². The third kappa shape index (κ3) is 3.28. The van der Waals surface area contributed by atoms with Crippen LogP contribution < -0.4 is 5.32 Å². The molecule has 0 aromatic carbocycles. The molecule has 1 fully saturated rings. The number of aryl methyl sites for hydroxylation is 1. The number of hydrogen-bond acceptors (Lipinski definition) is 3. The fraction of sp³-hybridized carbons (Fsp3) is 0.846. The lowest BCUT2D eigenvalue weighted by molar-refractivity contribution is 0.268. The van der Waals surface area contributed by atoms with Gasteiger partial charge in [-0.25, -0.2) is 0 Å². The molecule has 0 bridgehead atoms. The summed E-state index contributed by atoms with van der Waals surface area (Å²) in [6, 6.07) is 0.406. The highest BCUT2D eigenvalue weighted by atomic mass is 15.4. The molecule has 1 aliphatic rings. The summed E-state index contributed by atoms with van der Waals surface area (Å²) in [6.07, 6.45) is 10.0. The molecule has 2 rings (SSSR count). The minimum Gasteiger partial charge on any atom is -0.308 e. The SMILES string of the molecule is CCCNC(c1cn(C)nn1)C1CCCCC1. The summed E-state index contributed by atoms with van der Waals surface area (Å²) < 4.78 is 1.80. The summed E-state index contributed by atoms with van der Waals surface area (Å²) >= 11 is 0. The van der Waals surface area contributed by atoms with Crippen molar-refractivity contribution in [2.75, 3.05) is 6.54 Å². The summed E-state index contributed by atoms with van der Waals surface area (Å²) in [5, 5.41) is 12.0. The number of aromatic nitrogens is 3. The molecular weight excluding hydrogens is 212 g/mol. The van der Waals surface area contributed by atoms with Gasteiger partial charge in [0.1, 0.15) is 0 Å². The fourth-order valence-corrected chi connectivity index (χ4v) is 2.79. The van der Waals surface area contributed by atoms with Crippen molar-refractivity contribution in [3.05, 3.63) is 11.9 Å². The van der Waals surface area contributed by atoms with Crippen molar-refractivity contribution in [3.8, 4) is 0 Å². The lowest BCUT2D eigenvalue weighted by atomic mass is 9.83. The van der Waals surface area contributed by atoms with E-state index in [9.17, 15) is 0 Å². The van der Waals surface area contributed by atoms with Gasteiger partial charge in [-0.3, -0.25) is 4.68 Å². The van der Waals surface area contributed by atoms with E-state index in [4.69, 9.17) is 0 Å². The van der Waals surface area contributed by atoms with Crippen LogP contribution in [0, 0.1) is 5.92 Å². The maximum absolute atomic E-state index is 4.29. The van der Waals surface area contributed by atoms with Crippen LogP contribution in [0.4, 0.5) is 0 Å². The third-order valence-electron chi connectivity index (χ3n) is 3.67. The predicted octanol–water partition coefficient (Wildman–Crippen LogP) is 2.44. The highest BCUT2D eigenvalue weighted by Gasteiger charge is 2.26. The second kappa shape index (κ2) is 6.15. The van der Waals surface area contributed by atoms with Crippen LogP contribution in [0.25, 0.3) is 0 Å². The Labute approximate surface area is 104 Å². The molecule has 96 valence electrons. The molecule has 1 aromatic rings. The van der Waals surface area contributed by atoms with Crippen LogP contribution in [0.3, 0.4) is 0 Å². The fourth-order valence-electron chi connectivity index (χ4n) is 2.79. The molecule has 0 saturated heterocycles. The molecule has 1 aromatic heterocycles. The Kier molecular flexibility index (Phi) is 4.54. The summed E-state index contributed by atoms with van der Waals surface area (Å²) in [5.41, 5.74) is 1.12. The molecule has 17 heavy (non-hydrogen) atoms. The first-order chi connectivity index (χ1) is 8.31. The van der Waals surface area contributed by atoms with Crippen molar-refractivity contribution >= 4 is 0 Å². The molecule has 0 spiro atoms. The van der Waals surface area contributed by atoms with Crippen LogP contribution in [0.1, 0.15) is 57.2 Å². The number of nitrogens with zero attached hydrogens (tertiary/aromatic N) is 3. The lowest BCUT2D eigenvalue weighted by Crippen LogP contribution is -2.30. The Morgan fingerprint density at radius 3 is 2.76 bits per heavy atom. The molecular formula is C13H24N4. The van der Waals surface area contributed by atoms with Gasteiger partial charge in [0.15, 0.2) is 0 Å². The minimum atomic E-state index is 0.406. The van der Waals surface area contributed by atoms with Crippen molar-refractivity contribution in [1.82, 2.24) is 20.3 Å². The van der Waals surface area contributed by atoms with Crippen LogP contribution in [0.2, 0.25) is 0 Å². The molecule has 1 aliphatic carbocycles. The topological polar surface area (TPSA) is 42.7 Å². The maximum atomic E-state index is 4.29. The molecule has 0 aliphatic heterocycles. The standard InChI is InChI=1S/C13H24N4/c1-3-9-14-13(11-7-5-4-6-8-11)12-10-17(2)16-15-12/h10-11,13-14H,3-9H2,1-2H3. The van der Waals surface area contributed by atoms with Gasteiger partial charge < -0.3 is 5.32 Å². The van der Waals surface area contributed by atoms with Gasteiger partial charge >= 0.3 is 0 Å². The Morgan fingerprint density at radius 1 is 1.41 bits per heavy atom. The van der Waals surface area contributed by atoms with Crippen molar-refractivity contribution in [3.63, 3.8) is 0 Å². The average molecular weight is 236 g/mol. The van der Waals surface area contributed by atoms with E-state index in [0.29, 0.717) is 6.04 Å². The van der Waals surface area contributed by atoms with E-state index in [0.717, 1.165) is 18.2 Å². The first kappa shape index (κ1) is 12.6. The van der Waals surface area contributed by atoms with E-state index in [1.807, 2.05) is 7.05 Å². The van der Waals surface area contributed by atoms with Gasteiger partial charge in [-0.1, -0.05) is 31.4 Å². The maximum Gasteiger partial charge on any atom is 0.0998 e. The van der Waals surface area contributed by atoms with E-state index < -0.39 is 0 Å². The molecule has 1 unspecified atom stereocenters. The highest BCUT2D eigenvalue weighted by Crippen LogP contribution is 2.33. The number of nitrogens with one attached hydrogen (secondary N) is 1. The van der Waals surface area contributed by atoms with Crippen molar-refractivity contribution in [2.45, 2.75) is 51.5 Å². The van der Waals surface area contributed by atoms with Crippen LogP contribution in [0.5, 0.6) is 0 Å². The Balaban J connectivity index is 2.06. The van der Waals surface area contributed by atoms with Crippen molar-refractivity contribution in [1.29, 1.82) is 0 Å². The lowest BCUT2D eigenvalue weighted by Gasteiger charge is -2.29. The Hall–Kier alpha value is -0.900. The van der Waals surface area contributed by atoms with E-state index in [2.05, 4.69) is 28.7 Å².